The van der Waals surface area contributed by atoms with Crippen molar-refractivity contribution in [1.29, 1.82) is 5.26 Å². The van der Waals surface area contributed by atoms with Gasteiger partial charge in [0.1, 0.15) is 0 Å². The Bertz CT molecular complexity index is 719. The Hall–Kier alpha value is -3.04. The van der Waals surface area contributed by atoms with Gasteiger partial charge in [0.25, 0.3) is 5.91 Å². The van der Waals surface area contributed by atoms with Crippen molar-refractivity contribution in [2.75, 3.05) is 7.05 Å². The van der Waals surface area contributed by atoms with Crippen molar-refractivity contribution in [3.63, 3.8) is 0 Å². The fourth-order valence-corrected chi connectivity index (χ4v) is 1.96. The number of nitriles is 1. The highest BCUT2D eigenvalue weighted by atomic mass is 16.2. The zero-order valence-corrected chi connectivity index (χ0v) is 12.8. The van der Waals surface area contributed by atoms with E-state index in [4.69, 9.17) is 11.0 Å². The topological polar surface area (TPSA) is 94.8 Å². The Labute approximate surface area is 134 Å². The molecule has 0 heterocycles. The zero-order chi connectivity index (χ0) is 16.7. The number of nitrogens with zero attached hydrogens (tertiary/aromatic N) is 4. The van der Waals surface area contributed by atoms with Crippen LogP contribution in [0.25, 0.3) is 0 Å². The maximum Gasteiger partial charge on any atom is 0.260 e. The molecule has 2 N–H and O–H groups in total. The minimum absolute atomic E-state index is 0.314. The van der Waals surface area contributed by atoms with Gasteiger partial charge in [-0.1, -0.05) is 35.6 Å². The first-order valence-corrected chi connectivity index (χ1v) is 7.09. The van der Waals surface area contributed by atoms with E-state index in [9.17, 15) is 4.79 Å². The van der Waals surface area contributed by atoms with Gasteiger partial charge in [-0.05, 0) is 36.2 Å². The van der Waals surface area contributed by atoms with Crippen molar-refractivity contribution < 1.29 is 4.79 Å². The van der Waals surface area contributed by atoms with Gasteiger partial charge in [0.15, 0.2) is 0 Å². The minimum Gasteiger partial charge on any atom is -0.320 e. The van der Waals surface area contributed by atoms with Crippen LogP contribution in [0.5, 0.6) is 0 Å². The quantitative estimate of drug-likeness (QED) is 0.679. The third kappa shape index (κ3) is 4.73. The van der Waals surface area contributed by atoms with Gasteiger partial charge in [0, 0.05) is 7.05 Å². The molecule has 0 saturated heterocycles. The molecule has 0 aliphatic heterocycles. The van der Waals surface area contributed by atoms with Crippen molar-refractivity contribution >= 4 is 11.6 Å². The van der Waals surface area contributed by atoms with Crippen molar-refractivity contribution in [2.45, 2.75) is 12.5 Å². The van der Waals surface area contributed by atoms with Crippen LogP contribution >= 0.6 is 0 Å². The molecule has 23 heavy (non-hydrogen) atoms. The Morgan fingerprint density at radius 3 is 2.48 bits per heavy atom. The molecule has 0 aliphatic carbocycles. The van der Waals surface area contributed by atoms with Gasteiger partial charge >= 0.3 is 0 Å². The third-order valence-electron chi connectivity index (χ3n) is 3.23. The fraction of sp³-hybridized carbons (Fsp3) is 0.176. The first-order valence-electron chi connectivity index (χ1n) is 7.09. The second kappa shape index (κ2) is 7.82. The molecule has 0 saturated carbocycles. The summed E-state index contributed by atoms with van der Waals surface area (Å²) in [7, 11) is 1.51. The number of carbonyl (C=O) groups excluding carboxylic acids is 1. The number of hydrogen-bond acceptors (Lipinski definition) is 5. The number of benzene rings is 2. The molecule has 0 aliphatic rings. The number of hydrogen-bond donors (Lipinski definition) is 1. The number of amides is 1. The summed E-state index contributed by atoms with van der Waals surface area (Å²) in [6.07, 6.45) is 0.441. The minimum atomic E-state index is -0.678. The maximum atomic E-state index is 12.2. The van der Waals surface area contributed by atoms with Gasteiger partial charge in [-0.3, -0.25) is 4.79 Å². The molecule has 1 amide bonds. The Morgan fingerprint density at radius 2 is 1.87 bits per heavy atom. The van der Waals surface area contributed by atoms with Crippen LogP contribution in [0.1, 0.15) is 11.1 Å². The lowest BCUT2D eigenvalue weighted by Crippen LogP contribution is -2.40. The predicted molar refractivity (Wildman–Crippen MR) is 86.6 cm³/mol. The highest BCUT2D eigenvalue weighted by molar-refractivity contribution is 5.81. The van der Waals surface area contributed by atoms with Gasteiger partial charge in [-0.25, -0.2) is 5.01 Å². The summed E-state index contributed by atoms with van der Waals surface area (Å²) in [6.45, 7) is 0. The average molecular weight is 307 g/mol. The number of likely N-dealkylation sites (N-methyl/N-ethyl adjacent to an activating group) is 1. The van der Waals surface area contributed by atoms with E-state index in [2.05, 4.69) is 10.3 Å². The van der Waals surface area contributed by atoms with E-state index in [-0.39, 0.29) is 5.91 Å². The lowest BCUT2D eigenvalue weighted by Gasteiger charge is -2.15. The predicted octanol–water partition coefficient (Wildman–Crippen LogP) is 2.59. The molecule has 6 nitrogen and oxygen atoms in total. The van der Waals surface area contributed by atoms with Crippen molar-refractivity contribution in [3.8, 4) is 6.07 Å². The van der Waals surface area contributed by atoms with Gasteiger partial charge in [0.2, 0.25) is 0 Å². The van der Waals surface area contributed by atoms with Crippen molar-refractivity contribution in [1.82, 2.24) is 5.01 Å². The highest BCUT2D eigenvalue weighted by Gasteiger charge is 2.18. The van der Waals surface area contributed by atoms with Crippen LogP contribution < -0.4 is 5.73 Å². The van der Waals surface area contributed by atoms with E-state index in [1.54, 1.807) is 24.3 Å². The van der Waals surface area contributed by atoms with Gasteiger partial charge in [-0.2, -0.15) is 5.26 Å². The van der Waals surface area contributed by atoms with Crippen LogP contribution in [0.15, 0.2) is 64.9 Å². The molecule has 0 spiro atoms. The molecular weight excluding hydrogens is 290 g/mol. The first-order chi connectivity index (χ1) is 11.1. The summed E-state index contributed by atoms with van der Waals surface area (Å²) in [5, 5.41) is 17.7. The second-order valence-corrected chi connectivity index (χ2v) is 5.01. The average Bonchev–Trinajstić information content (AvgIpc) is 2.60. The monoisotopic (exact) mass is 307 g/mol. The third-order valence-corrected chi connectivity index (χ3v) is 3.23. The Balaban J connectivity index is 1.95. The van der Waals surface area contributed by atoms with Gasteiger partial charge in [0.05, 0.1) is 23.4 Å². The summed E-state index contributed by atoms with van der Waals surface area (Å²) in [5.41, 5.74) is 8.02. The lowest BCUT2D eigenvalue weighted by atomic mass is 10.1. The molecule has 1 atom stereocenters. The Kier molecular flexibility index (Phi) is 5.56. The molecule has 116 valence electrons. The molecule has 0 fully saturated rings. The molecule has 6 heteroatoms. The Morgan fingerprint density at radius 1 is 1.22 bits per heavy atom. The maximum absolute atomic E-state index is 12.2. The molecule has 2 rings (SSSR count). The van der Waals surface area contributed by atoms with Crippen LogP contribution in [0, 0.1) is 11.3 Å². The van der Waals surface area contributed by atoms with E-state index in [1.165, 1.54) is 7.05 Å². The molecule has 2 aromatic rings. The number of carbonyl (C=O) groups is 1. The fourth-order valence-electron chi connectivity index (χ4n) is 1.96. The summed E-state index contributed by atoms with van der Waals surface area (Å²) < 4.78 is 0. The van der Waals surface area contributed by atoms with E-state index >= 15 is 0 Å². The SMILES string of the molecule is CN(N=Nc1ccc(C#N)cc1)C(=O)C(N)Cc1ccccc1. The summed E-state index contributed by atoms with van der Waals surface area (Å²) in [5.74, 6) is -0.314. The van der Waals surface area contributed by atoms with Crippen LogP contribution in [0.2, 0.25) is 0 Å². The lowest BCUT2D eigenvalue weighted by molar-refractivity contribution is -0.131. The highest BCUT2D eigenvalue weighted by Crippen LogP contribution is 2.13. The summed E-state index contributed by atoms with van der Waals surface area (Å²) in [6, 6.07) is 17.5. The van der Waals surface area contributed by atoms with E-state index in [0.29, 0.717) is 17.7 Å². The number of rotatable bonds is 5. The summed E-state index contributed by atoms with van der Waals surface area (Å²) in [4.78, 5) is 12.2. The van der Waals surface area contributed by atoms with Crippen LogP contribution in [0.3, 0.4) is 0 Å². The molecule has 0 aromatic heterocycles. The second-order valence-electron chi connectivity index (χ2n) is 5.01. The molecule has 1 unspecified atom stereocenters. The largest absolute Gasteiger partial charge is 0.320 e. The van der Waals surface area contributed by atoms with E-state index in [0.717, 1.165) is 10.6 Å². The summed E-state index contributed by atoms with van der Waals surface area (Å²) >= 11 is 0. The molecule has 0 radical (unpaired) electrons. The van der Waals surface area contributed by atoms with Gasteiger partial charge < -0.3 is 5.73 Å². The van der Waals surface area contributed by atoms with Crippen LogP contribution in [0.4, 0.5) is 5.69 Å². The van der Waals surface area contributed by atoms with Gasteiger partial charge in [-0.15, -0.1) is 5.11 Å². The van der Waals surface area contributed by atoms with Crippen LogP contribution in [-0.2, 0) is 11.2 Å². The molecular formula is C17H17N5O. The standard InChI is InChI=1S/C17H17N5O/c1-22(21-20-15-9-7-14(12-18)8-10-15)17(23)16(19)11-13-5-3-2-4-6-13/h2-10,16H,11,19H2,1H3. The zero-order valence-electron chi connectivity index (χ0n) is 12.8. The van der Waals surface area contributed by atoms with Crippen molar-refractivity contribution in [3.05, 3.63) is 65.7 Å². The van der Waals surface area contributed by atoms with Crippen LogP contribution in [-0.4, -0.2) is 24.0 Å². The van der Waals surface area contributed by atoms with Crippen molar-refractivity contribution in [2.24, 2.45) is 16.1 Å². The normalized spacial score (nSPS) is 11.9. The molecule has 2 aromatic carbocycles. The number of nitrogens with two attached hydrogens (primary N) is 1. The van der Waals surface area contributed by atoms with E-state index in [1.807, 2.05) is 36.4 Å². The first kappa shape index (κ1) is 16.3. The van der Waals surface area contributed by atoms with E-state index < -0.39 is 6.04 Å². The molecule has 0 bridgehead atoms. The smallest absolute Gasteiger partial charge is 0.260 e.